The molecule has 19 heavy (non-hydrogen) atoms. The SMILES string of the molecule is COC(=O)c1nc(C)n(-c2ccc(F)c(Br)c2)c1N. The summed E-state index contributed by atoms with van der Waals surface area (Å²) in [4.78, 5) is 15.6. The summed E-state index contributed by atoms with van der Waals surface area (Å²) < 4.78 is 19.7. The smallest absolute Gasteiger partial charge is 0.360 e. The van der Waals surface area contributed by atoms with Gasteiger partial charge < -0.3 is 10.5 Å². The highest BCUT2D eigenvalue weighted by atomic mass is 79.9. The highest BCUT2D eigenvalue weighted by molar-refractivity contribution is 9.10. The zero-order valence-electron chi connectivity index (χ0n) is 10.3. The fourth-order valence-corrected chi connectivity index (χ4v) is 2.11. The lowest BCUT2D eigenvalue weighted by atomic mass is 10.3. The minimum absolute atomic E-state index is 0.0421. The molecule has 7 heteroatoms. The van der Waals surface area contributed by atoms with Crippen molar-refractivity contribution in [2.24, 2.45) is 0 Å². The predicted octanol–water partition coefficient (Wildman–Crippen LogP) is 2.45. The van der Waals surface area contributed by atoms with Crippen LogP contribution in [0.5, 0.6) is 0 Å². The molecular weight excluding hydrogens is 317 g/mol. The molecule has 0 aliphatic heterocycles. The Hall–Kier alpha value is -1.89. The number of imidazole rings is 1. The van der Waals surface area contributed by atoms with Crippen molar-refractivity contribution in [1.29, 1.82) is 0 Å². The molecule has 0 saturated carbocycles. The zero-order chi connectivity index (χ0) is 14.2. The van der Waals surface area contributed by atoms with Crippen molar-refractivity contribution in [3.63, 3.8) is 0 Å². The topological polar surface area (TPSA) is 70.1 Å². The molecule has 2 aromatic rings. The van der Waals surface area contributed by atoms with Gasteiger partial charge in [0.25, 0.3) is 0 Å². The third kappa shape index (κ3) is 2.33. The lowest BCUT2D eigenvalue weighted by Gasteiger charge is -2.08. The second kappa shape index (κ2) is 5.00. The molecule has 0 aliphatic rings. The number of benzene rings is 1. The molecule has 5 nitrogen and oxygen atoms in total. The van der Waals surface area contributed by atoms with Gasteiger partial charge in [0.1, 0.15) is 17.5 Å². The molecule has 0 atom stereocenters. The predicted molar refractivity (Wildman–Crippen MR) is 71.7 cm³/mol. The molecular formula is C12H11BrFN3O2. The van der Waals surface area contributed by atoms with E-state index < -0.39 is 5.97 Å². The summed E-state index contributed by atoms with van der Waals surface area (Å²) in [6, 6.07) is 4.41. The van der Waals surface area contributed by atoms with Crippen molar-refractivity contribution in [3.05, 3.63) is 40.0 Å². The summed E-state index contributed by atoms with van der Waals surface area (Å²) >= 11 is 3.10. The normalized spacial score (nSPS) is 10.5. The van der Waals surface area contributed by atoms with E-state index in [9.17, 15) is 9.18 Å². The molecule has 0 bridgehead atoms. The van der Waals surface area contributed by atoms with Crippen molar-refractivity contribution in [3.8, 4) is 5.69 Å². The fraction of sp³-hybridized carbons (Fsp3) is 0.167. The molecule has 2 N–H and O–H groups in total. The second-order valence-corrected chi connectivity index (χ2v) is 4.67. The molecule has 0 spiro atoms. The summed E-state index contributed by atoms with van der Waals surface area (Å²) in [7, 11) is 1.25. The van der Waals surface area contributed by atoms with Crippen LogP contribution in [0.25, 0.3) is 5.69 Å². The van der Waals surface area contributed by atoms with E-state index in [-0.39, 0.29) is 17.3 Å². The van der Waals surface area contributed by atoms with Crippen molar-refractivity contribution in [2.45, 2.75) is 6.92 Å². The van der Waals surface area contributed by atoms with Crippen LogP contribution in [0.2, 0.25) is 0 Å². The lowest BCUT2D eigenvalue weighted by molar-refractivity contribution is 0.0596. The number of rotatable bonds is 2. The van der Waals surface area contributed by atoms with Gasteiger partial charge in [-0.1, -0.05) is 0 Å². The van der Waals surface area contributed by atoms with Gasteiger partial charge in [-0.3, -0.25) is 4.57 Å². The molecule has 0 fully saturated rings. The molecule has 100 valence electrons. The van der Waals surface area contributed by atoms with Gasteiger partial charge in [0.15, 0.2) is 5.69 Å². The van der Waals surface area contributed by atoms with Crippen molar-refractivity contribution in [1.82, 2.24) is 9.55 Å². The number of carbonyl (C=O) groups is 1. The molecule has 0 radical (unpaired) electrons. The molecule has 1 heterocycles. The van der Waals surface area contributed by atoms with Gasteiger partial charge in [0, 0.05) is 0 Å². The van der Waals surface area contributed by atoms with Crippen LogP contribution >= 0.6 is 15.9 Å². The Bertz CT molecular complexity index is 655. The number of methoxy groups -OCH3 is 1. The van der Waals surface area contributed by atoms with Crippen molar-refractivity contribution >= 4 is 27.7 Å². The maximum Gasteiger partial charge on any atom is 0.360 e. The minimum atomic E-state index is -0.611. The first-order chi connectivity index (χ1) is 8.95. The summed E-state index contributed by atoms with van der Waals surface area (Å²) in [5.74, 6) is -0.326. The molecule has 0 amide bonds. The number of aromatic nitrogens is 2. The monoisotopic (exact) mass is 327 g/mol. The Kier molecular flexibility index (Phi) is 3.57. The third-order valence-corrected chi connectivity index (χ3v) is 3.23. The van der Waals surface area contributed by atoms with E-state index in [0.717, 1.165) is 0 Å². The number of halogens is 2. The van der Waals surface area contributed by atoms with Crippen LogP contribution in [0, 0.1) is 12.7 Å². The second-order valence-electron chi connectivity index (χ2n) is 3.82. The van der Waals surface area contributed by atoms with E-state index in [1.165, 1.54) is 13.2 Å². The first kappa shape index (κ1) is 13.5. The first-order valence-electron chi connectivity index (χ1n) is 5.34. The van der Waals surface area contributed by atoms with E-state index in [1.807, 2.05) is 0 Å². The van der Waals surface area contributed by atoms with Crippen LogP contribution in [0.4, 0.5) is 10.2 Å². The largest absolute Gasteiger partial charge is 0.464 e. The molecule has 0 aliphatic carbocycles. The minimum Gasteiger partial charge on any atom is -0.464 e. The quantitative estimate of drug-likeness (QED) is 0.860. The van der Waals surface area contributed by atoms with Gasteiger partial charge in [-0.2, -0.15) is 0 Å². The summed E-state index contributed by atoms with van der Waals surface area (Å²) in [5, 5.41) is 0. The number of anilines is 1. The van der Waals surface area contributed by atoms with Gasteiger partial charge in [-0.15, -0.1) is 0 Å². The zero-order valence-corrected chi connectivity index (χ0v) is 11.9. The van der Waals surface area contributed by atoms with E-state index in [0.29, 0.717) is 16.0 Å². The van der Waals surface area contributed by atoms with Crippen molar-refractivity contribution in [2.75, 3.05) is 12.8 Å². The van der Waals surface area contributed by atoms with Gasteiger partial charge in [0.05, 0.1) is 17.3 Å². The Morgan fingerprint density at radius 1 is 1.53 bits per heavy atom. The van der Waals surface area contributed by atoms with Crippen LogP contribution in [0.15, 0.2) is 22.7 Å². The molecule has 2 rings (SSSR count). The summed E-state index contributed by atoms with van der Waals surface area (Å²) in [6.07, 6.45) is 0. The Morgan fingerprint density at radius 2 is 2.21 bits per heavy atom. The molecule has 1 aromatic heterocycles. The average molecular weight is 328 g/mol. The van der Waals surface area contributed by atoms with Crippen LogP contribution in [0.3, 0.4) is 0 Å². The fourth-order valence-electron chi connectivity index (χ4n) is 1.75. The average Bonchev–Trinajstić information content (AvgIpc) is 2.68. The molecule has 0 saturated heterocycles. The number of esters is 1. The van der Waals surface area contributed by atoms with Crippen LogP contribution < -0.4 is 5.73 Å². The van der Waals surface area contributed by atoms with Gasteiger partial charge in [-0.25, -0.2) is 14.2 Å². The van der Waals surface area contributed by atoms with Crippen LogP contribution in [-0.2, 0) is 4.74 Å². The Labute approximate surface area is 117 Å². The van der Waals surface area contributed by atoms with E-state index in [1.54, 1.807) is 23.6 Å². The van der Waals surface area contributed by atoms with Gasteiger partial charge in [0.2, 0.25) is 0 Å². The Balaban J connectivity index is 2.59. The maximum absolute atomic E-state index is 13.2. The number of ether oxygens (including phenoxy) is 1. The summed E-state index contributed by atoms with van der Waals surface area (Å²) in [6.45, 7) is 1.69. The van der Waals surface area contributed by atoms with Crippen LogP contribution in [0.1, 0.15) is 16.3 Å². The highest BCUT2D eigenvalue weighted by Crippen LogP contribution is 2.25. The first-order valence-corrected chi connectivity index (χ1v) is 6.13. The van der Waals surface area contributed by atoms with Crippen molar-refractivity contribution < 1.29 is 13.9 Å². The van der Waals surface area contributed by atoms with E-state index in [4.69, 9.17) is 5.73 Å². The van der Waals surface area contributed by atoms with Crippen LogP contribution in [-0.4, -0.2) is 22.6 Å². The van der Waals surface area contributed by atoms with E-state index in [2.05, 4.69) is 25.7 Å². The number of nitrogens with zero attached hydrogens (tertiary/aromatic N) is 2. The highest BCUT2D eigenvalue weighted by Gasteiger charge is 2.20. The Morgan fingerprint density at radius 3 is 2.79 bits per heavy atom. The van der Waals surface area contributed by atoms with Gasteiger partial charge in [-0.05, 0) is 41.1 Å². The number of nitrogens with two attached hydrogens (primary N) is 1. The number of hydrogen-bond acceptors (Lipinski definition) is 4. The molecule has 0 unspecified atom stereocenters. The maximum atomic E-state index is 13.2. The lowest BCUT2D eigenvalue weighted by Crippen LogP contribution is -2.07. The number of carbonyl (C=O) groups excluding carboxylic acids is 1. The van der Waals surface area contributed by atoms with E-state index >= 15 is 0 Å². The third-order valence-electron chi connectivity index (χ3n) is 2.62. The van der Waals surface area contributed by atoms with Gasteiger partial charge >= 0.3 is 5.97 Å². The standard InChI is InChI=1S/C12H11BrFN3O2/c1-6-16-10(12(18)19-2)11(15)17(6)7-3-4-9(14)8(13)5-7/h3-5H,15H2,1-2H3. The molecule has 1 aromatic carbocycles. The number of hydrogen-bond donors (Lipinski definition) is 1. The number of aryl methyl sites for hydroxylation is 1. The number of nitrogen functional groups attached to an aromatic ring is 1. The summed E-state index contributed by atoms with van der Waals surface area (Å²) in [5.41, 5.74) is 6.54.